The summed E-state index contributed by atoms with van der Waals surface area (Å²) < 4.78 is 9.89. The van der Waals surface area contributed by atoms with Crippen LogP contribution in [-0.4, -0.2) is 42.7 Å². The molecule has 116 valence electrons. The summed E-state index contributed by atoms with van der Waals surface area (Å²) >= 11 is 0. The topological polar surface area (TPSA) is 81.9 Å². The van der Waals surface area contributed by atoms with E-state index in [1.165, 1.54) is 12.0 Å². The second kappa shape index (κ2) is 7.64. The van der Waals surface area contributed by atoms with Crippen LogP contribution in [0.3, 0.4) is 0 Å². The zero-order valence-corrected chi connectivity index (χ0v) is 11.3. The number of hydrogen-bond acceptors (Lipinski definition) is 5. The Kier molecular flexibility index (Phi) is 6.17. The molecule has 1 amide bonds. The van der Waals surface area contributed by atoms with E-state index in [0.29, 0.717) is 13.0 Å². The van der Waals surface area contributed by atoms with Crippen molar-refractivity contribution >= 4 is 12.1 Å². The molecule has 2 N–H and O–H groups in total. The molecule has 2 unspecified atom stereocenters. The van der Waals surface area contributed by atoms with Gasteiger partial charge in [0, 0.05) is 12.6 Å². The number of carbonyl (C=O) groups excluding carboxylic acids is 2. The number of hydrogen-bond donors (Lipinski definition) is 1. The van der Waals surface area contributed by atoms with Crippen molar-refractivity contribution in [1.82, 2.24) is 4.90 Å². The van der Waals surface area contributed by atoms with Gasteiger partial charge in [-0.3, -0.25) is 4.90 Å². The molecule has 1 aromatic carbocycles. The largest absolute Gasteiger partial charge is 0.467 e. The second-order valence-corrected chi connectivity index (χ2v) is 4.73. The van der Waals surface area contributed by atoms with E-state index in [-0.39, 0.29) is 20.1 Å². The number of esters is 1. The van der Waals surface area contributed by atoms with Crippen molar-refractivity contribution in [2.75, 3.05) is 13.7 Å². The molecule has 2 atom stereocenters. The van der Waals surface area contributed by atoms with Crippen LogP contribution in [-0.2, 0) is 20.9 Å². The van der Waals surface area contributed by atoms with Crippen LogP contribution >= 0.6 is 0 Å². The van der Waals surface area contributed by atoms with Crippen LogP contribution in [0.25, 0.3) is 0 Å². The third kappa shape index (κ3) is 4.19. The Balaban J connectivity index is 0.00000220. The van der Waals surface area contributed by atoms with Crippen molar-refractivity contribution < 1.29 is 19.1 Å². The van der Waals surface area contributed by atoms with Gasteiger partial charge in [-0.15, -0.1) is 0 Å². The minimum atomic E-state index is -0.654. The van der Waals surface area contributed by atoms with E-state index >= 15 is 0 Å². The van der Waals surface area contributed by atoms with E-state index in [1.807, 2.05) is 30.3 Å². The minimum Gasteiger partial charge on any atom is -0.467 e. The van der Waals surface area contributed by atoms with E-state index in [4.69, 9.17) is 10.5 Å². The molecule has 2 rings (SSSR count). The van der Waals surface area contributed by atoms with Gasteiger partial charge in [-0.1, -0.05) is 37.8 Å². The standard InChI is InChI=1S/C14H18N2O4.CH4/c1-19-13(17)12-7-11(15)8-16(12)14(18)20-9-10-5-3-2-4-6-10;/h2-6,11-12H,7-9,15H2,1H3;1H4. The van der Waals surface area contributed by atoms with Crippen LogP contribution in [0.2, 0.25) is 0 Å². The number of nitrogens with zero attached hydrogens (tertiary/aromatic N) is 1. The minimum absolute atomic E-state index is 0. The van der Waals surface area contributed by atoms with Gasteiger partial charge >= 0.3 is 12.1 Å². The van der Waals surface area contributed by atoms with Crippen molar-refractivity contribution in [2.24, 2.45) is 5.73 Å². The van der Waals surface area contributed by atoms with Crippen LogP contribution < -0.4 is 5.73 Å². The number of rotatable bonds is 3. The number of likely N-dealkylation sites (tertiary alicyclic amines) is 1. The summed E-state index contributed by atoms with van der Waals surface area (Å²) in [5.74, 6) is -0.463. The number of carbonyl (C=O) groups is 2. The maximum absolute atomic E-state index is 12.0. The van der Waals surface area contributed by atoms with Crippen molar-refractivity contribution in [3.8, 4) is 0 Å². The first-order chi connectivity index (χ1) is 9.61. The number of amides is 1. The molecule has 6 heteroatoms. The molecule has 6 nitrogen and oxygen atoms in total. The monoisotopic (exact) mass is 294 g/mol. The SMILES string of the molecule is C.COC(=O)C1CC(N)CN1C(=O)OCc1ccccc1. The summed E-state index contributed by atoms with van der Waals surface area (Å²) in [5, 5.41) is 0. The predicted molar refractivity (Wildman–Crippen MR) is 78.5 cm³/mol. The fraction of sp³-hybridized carbons (Fsp3) is 0.467. The highest BCUT2D eigenvalue weighted by Crippen LogP contribution is 2.19. The lowest BCUT2D eigenvalue weighted by Gasteiger charge is -2.21. The van der Waals surface area contributed by atoms with E-state index in [9.17, 15) is 9.59 Å². The normalized spacial score (nSPS) is 20.6. The Labute approximate surface area is 124 Å². The molecule has 0 spiro atoms. The summed E-state index contributed by atoms with van der Waals surface area (Å²) in [6.07, 6.45) is -0.148. The molecular weight excluding hydrogens is 272 g/mol. The van der Waals surface area contributed by atoms with Gasteiger partial charge in [-0.2, -0.15) is 0 Å². The van der Waals surface area contributed by atoms with E-state index in [0.717, 1.165) is 5.56 Å². The molecule has 1 fully saturated rings. The summed E-state index contributed by atoms with van der Waals surface area (Å²) in [4.78, 5) is 25.0. The molecule has 0 aliphatic carbocycles. The molecule has 1 aliphatic rings. The average molecular weight is 294 g/mol. The number of methoxy groups -OCH3 is 1. The number of nitrogens with two attached hydrogens (primary N) is 1. The molecule has 0 bridgehead atoms. The van der Waals surface area contributed by atoms with E-state index in [2.05, 4.69) is 4.74 Å². The van der Waals surface area contributed by atoms with Gasteiger partial charge in [-0.05, 0) is 12.0 Å². The summed E-state index contributed by atoms with van der Waals surface area (Å²) in [5.41, 5.74) is 6.68. The summed E-state index contributed by atoms with van der Waals surface area (Å²) in [6, 6.07) is 8.46. The van der Waals surface area contributed by atoms with Crippen molar-refractivity contribution in [3.05, 3.63) is 35.9 Å². The van der Waals surface area contributed by atoms with Crippen LogP contribution in [0.4, 0.5) is 4.79 Å². The van der Waals surface area contributed by atoms with Gasteiger partial charge in [0.15, 0.2) is 0 Å². The Morgan fingerprint density at radius 2 is 2.00 bits per heavy atom. The molecule has 1 aromatic rings. The van der Waals surface area contributed by atoms with Crippen LogP contribution in [0.1, 0.15) is 19.4 Å². The van der Waals surface area contributed by atoms with Crippen molar-refractivity contribution in [2.45, 2.75) is 32.5 Å². The fourth-order valence-electron chi connectivity index (χ4n) is 2.23. The number of benzene rings is 1. The highest BCUT2D eigenvalue weighted by atomic mass is 16.6. The fourth-order valence-corrected chi connectivity index (χ4v) is 2.23. The zero-order valence-electron chi connectivity index (χ0n) is 11.3. The van der Waals surface area contributed by atoms with Crippen molar-refractivity contribution in [1.29, 1.82) is 0 Å². The lowest BCUT2D eigenvalue weighted by Crippen LogP contribution is -2.41. The first kappa shape index (κ1) is 17.0. The molecule has 0 radical (unpaired) electrons. The molecule has 21 heavy (non-hydrogen) atoms. The first-order valence-corrected chi connectivity index (χ1v) is 6.42. The average Bonchev–Trinajstić information content (AvgIpc) is 2.87. The smallest absolute Gasteiger partial charge is 0.410 e. The third-order valence-electron chi connectivity index (χ3n) is 3.25. The van der Waals surface area contributed by atoms with Gasteiger partial charge in [0.05, 0.1) is 7.11 Å². The van der Waals surface area contributed by atoms with Gasteiger partial charge in [0.1, 0.15) is 12.6 Å². The van der Waals surface area contributed by atoms with Gasteiger partial charge in [0.2, 0.25) is 0 Å². The Bertz CT molecular complexity index is 478. The van der Waals surface area contributed by atoms with E-state index in [1.54, 1.807) is 0 Å². The predicted octanol–water partition coefficient (Wildman–Crippen LogP) is 1.53. The second-order valence-electron chi connectivity index (χ2n) is 4.73. The Morgan fingerprint density at radius 1 is 1.33 bits per heavy atom. The Hall–Kier alpha value is -2.08. The Morgan fingerprint density at radius 3 is 2.62 bits per heavy atom. The maximum atomic E-state index is 12.0. The van der Waals surface area contributed by atoms with Gasteiger partial charge in [0.25, 0.3) is 0 Å². The lowest BCUT2D eigenvalue weighted by atomic mass is 10.2. The van der Waals surface area contributed by atoms with Gasteiger partial charge < -0.3 is 15.2 Å². The quantitative estimate of drug-likeness (QED) is 0.855. The molecule has 0 aromatic heterocycles. The van der Waals surface area contributed by atoms with Gasteiger partial charge in [-0.25, -0.2) is 9.59 Å². The molecule has 1 saturated heterocycles. The van der Waals surface area contributed by atoms with Crippen LogP contribution in [0, 0.1) is 0 Å². The molecule has 0 saturated carbocycles. The summed E-state index contributed by atoms with van der Waals surface area (Å²) in [6.45, 7) is 0.465. The maximum Gasteiger partial charge on any atom is 0.410 e. The molecule has 1 heterocycles. The summed E-state index contributed by atoms with van der Waals surface area (Å²) in [7, 11) is 1.29. The first-order valence-electron chi connectivity index (χ1n) is 6.42. The van der Waals surface area contributed by atoms with E-state index < -0.39 is 18.1 Å². The highest BCUT2D eigenvalue weighted by Gasteiger charge is 2.39. The van der Waals surface area contributed by atoms with Crippen molar-refractivity contribution in [3.63, 3.8) is 0 Å². The third-order valence-corrected chi connectivity index (χ3v) is 3.25. The molecular formula is C15H22N2O4. The zero-order chi connectivity index (χ0) is 14.5. The van der Waals surface area contributed by atoms with Crippen LogP contribution in [0.5, 0.6) is 0 Å². The number of ether oxygens (including phenoxy) is 2. The lowest BCUT2D eigenvalue weighted by molar-refractivity contribution is -0.145. The highest BCUT2D eigenvalue weighted by molar-refractivity contribution is 5.82. The van der Waals surface area contributed by atoms with Crippen LogP contribution in [0.15, 0.2) is 30.3 Å². The molecule has 1 aliphatic heterocycles.